The smallest absolute Gasteiger partial charge is 0.335 e. The minimum absolute atomic E-state index is 0.233. The minimum atomic E-state index is -0.956. The number of carbonyl (C=O) groups is 1. The number of hydrogen-bond acceptors (Lipinski definition) is 5. The molecule has 3 rings (SSSR count). The number of carboxylic acid groups (broad SMARTS) is 1. The first kappa shape index (κ1) is 13.7. The molecule has 0 spiro atoms. The lowest BCUT2D eigenvalue weighted by molar-refractivity contribution is 0.0697. The fraction of sp³-hybridized carbons (Fsp3) is 0. The number of aromatic nitrogens is 3. The lowest BCUT2D eigenvalue weighted by atomic mass is 10.2. The Hall–Kier alpha value is -3.28. The SMILES string of the molecule is O=C(O)c1ccc(Nc2nccc(-c3ccncc3)n2)cc1. The van der Waals surface area contributed by atoms with E-state index in [1.165, 1.54) is 12.1 Å². The summed E-state index contributed by atoms with van der Waals surface area (Å²) in [6, 6.07) is 11.9. The second-order valence-corrected chi connectivity index (χ2v) is 4.51. The highest BCUT2D eigenvalue weighted by Gasteiger charge is 2.04. The number of nitrogens with zero attached hydrogens (tertiary/aromatic N) is 3. The molecule has 2 N–H and O–H groups in total. The van der Waals surface area contributed by atoms with Crippen LogP contribution < -0.4 is 5.32 Å². The van der Waals surface area contributed by atoms with Crippen molar-refractivity contribution >= 4 is 17.6 Å². The van der Waals surface area contributed by atoms with Gasteiger partial charge in [-0.3, -0.25) is 4.98 Å². The van der Waals surface area contributed by atoms with Gasteiger partial charge in [-0.15, -0.1) is 0 Å². The molecule has 0 unspecified atom stereocenters. The molecule has 0 saturated carbocycles. The molecular formula is C16H12N4O2. The molecule has 0 amide bonds. The van der Waals surface area contributed by atoms with Gasteiger partial charge in [-0.25, -0.2) is 14.8 Å². The molecule has 0 aliphatic heterocycles. The number of carboxylic acids is 1. The zero-order chi connectivity index (χ0) is 15.4. The molecule has 0 atom stereocenters. The summed E-state index contributed by atoms with van der Waals surface area (Å²) >= 11 is 0. The van der Waals surface area contributed by atoms with Gasteiger partial charge in [0.2, 0.25) is 5.95 Å². The summed E-state index contributed by atoms with van der Waals surface area (Å²) in [6.07, 6.45) is 5.07. The van der Waals surface area contributed by atoms with Gasteiger partial charge in [0, 0.05) is 29.8 Å². The first-order valence-electron chi connectivity index (χ1n) is 6.56. The maximum Gasteiger partial charge on any atom is 0.335 e. The number of anilines is 2. The first-order chi connectivity index (χ1) is 10.7. The number of nitrogens with one attached hydrogen (secondary N) is 1. The van der Waals surface area contributed by atoms with Crippen LogP contribution in [-0.4, -0.2) is 26.0 Å². The summed E-state index contributed by atoms with van der Waals surface area (Å²) in [5, 5.41) is 11.9. The van der Waals surface area contributed by atoms with E-state index in [0.29, 0.717) is 5.95 Å². The van der Waals surface area contributed by atoms with Gasteiger partial charge in [0.25, 0.3) is 0 Å². The van der Waals surface area contributed by atoms with Crippen molar-refractivity contribution in [1.82, 2.24) is 15.0 Å². The van der Waals surface area contributed by atoms with Crippen LogP contribution in [0.25, 0.3) is 11.3 Å². The van der Waals surface area contributed by atoms with Gasteiger partial charge in [0.05, 0.1) is 11.3 Å². The van der Waals surface area contributed by atoms with Gasteiger partial charge >= 0.3 is 5.97 Å². The van der Waals surface area contributed by atoms with E-state index >= 15 is 0 Å². The summed E-state index contributed by atoms with van der Waals surface area (Å²) in [4.78, 5) is 23.4. The van der Waals surface area contributed by atoms with E-state index in [0.717, 1.165) is 16.9 Å². The van der Waals surface area contributed by atoms with Gasteiger partial charge in [-0.2, -0.15) is 0 Å². The molecule has 108 valence electrons. The van der Waals surface area contributed by atoms with Crippen molar-refractivity contribution in [2.45, 2.75) is 0 Å². The van der Waals surface area contributed by atoms with Crippen molar-refractivity contribution in [2.75, 3.05) is 5.32 Å². The van der Waals surface area contributed by atoms with Crippen molar-refractivity contribution in [3.8, 4) is 11.3 Å². The van der Waals surface area contributed by atoms with Crippen molar-refractivity contribution in [3.63, 3.8) is 0 Å². The highest BCUT2D eigenvalue weighted by molar-refractivity contribution is 5.88. The average Bonchev–Trinajstić information content (AvgIpc) is 2.56. The van der Waals surface area contributed by atoms with Crippen molar-refractivity contribution < 1.29 is 9.90 Å². The van der Waals surface area contributed by atoms with Crippen LogP contribution in [0.3, 0.4) is 0 Å². The molecule has 6 nitrogen and oxygen atoms in total. The van der Waals surface area contributed by atoms with Crippen molar-refractivity contribution in [1.29, 1.82) is 0 Å². The predicted octanol–water partition coefficient (Wildman–Crippen LogP) is 2.98. The van der Waals surface area contributed by atoms with Crippen LogP contribution in [-0.2, 0) is 0 Å². The fourth-order valence-corrected chi connectivity index (χ4v) is 1.93. The number of pyridine rings is 1. The van der Waals surface area contributed by atoms with Crippen LogP contribution in [0.4, 0.5) is 11.6 Å². The number of rotatable bonds is 4. The van der Waals surface area contributed by atoms with Crippen LogP contribution in [0.1, 0.15) is 10.4 Å². The normalized spacial score (nSPS) is 10.2. The lowest BCUT2D eigenvalue weighted by Crippen LogP contribution is -1.99. The highest BCUT2D eigenvalue weighted by atomic mass is 16.4. The highest BCUT2D eigenvalue weighted by Crippen LogP contribution is 2.19. The van der Waals surface area contributed by atoms with E-state index < -0.39 is 5.97 Å². The Balaban J connectivity index is 1.82. The standard InChI is InChI=1S/C16H12N4O2/c21-15(22)12-1-3-13(4-2-12)19-16-18-10-7-14(20-16)11-5-8-17-9-6-11/h1-10H,(H,21,22)(H,18,19,20). The Morgan fingerprint density at radius 1 is 0.955 bits per heavy atom. The summed E-state index contributed by atoms with van der Waals surface area (Å²) in [7, 11) is 0. The molecule has 3 aromatic rings. The van der Waals surface area contributed by atoms with Crippen molar-refractivity contribution in [2.24, 2.45) is 0 Å². The maximum atomic E-state index is 10.8. The Morgan fingerprint density at radius 3 is 2.36 bits per heavy atom. The largest absolute Gasteiger partial charge is 0.478 e. The molecule has 0 saturated heterocycles. The van der Waals surface area contributed by atoms with Gasteiger partial charge in [-0.05, 0) is 42.5 Å². The molecular weight excluding hydrogens is 280 g/mol. The predicted molar refractivity (Wildman–Crippen MR) is 81.9 cm³/mol. The Bertz CT molecular complexity index is 789. The van der Waals surface area contributed by atoms with Gasteiger partial charge in [-0.1, -0.05) is 0 Å². The fourth-order valence-electron chi connectivity index (χ4n) is 1.93. The summed E-state index contributed by atoms with van der Waals surface area (Å²) in [5.74, 6) is -0.514. The third-order valence-corrected chi connectivity index (χ3v) is 3.02. The second-order valence-electron chi connectivity index (χ2n) is 4.51. The molecule has 0 fully saturated rings. The van der Waals surface area contributed by atoms with Crippen molar-refractivity contribution in [3.05, 3.63) is 66.6 Å². The maximum absolute atomic E-state index is 10.8. The molecule has 6 heteroatoms. The van der Waals surface area contributed by atoms with E-state index in [1.807, 2.05) is 18.2 Å². The van der Waals surface area contributed by atoms with E-state index in [2.05, 4.69) is 20.3 Å². The molecule has 2 aromatic heterocycles. The quantitative estimate of drug-likeness (QED) is 0.768. The molecule has 0 bridgehead atoms. The van der Waals surface area contributed by atoms with Gasteiger partial charge in [0.1, 0.15) is 0 Å². The Labute approximate surface area is 126 Å². The average molecular weight is 292 g/mol. The summed E-state index contributed by atoms with van der Waals surface area (Å²) in [5.41, 5.74) is 2.68. The Morgan fingerprint density at radius 2 is 1.68 bits per heavy atom. The molecule has 1 aromatic carbocycles. The van der Waals surface area contributed by atoms with E-state index in [9.17, 15) is 4.79 Å². The third-order valence-electron chi connectivity index (χ3n) is 3.02. The monoisotopic (exact) mass is 292 g/mol. The number of aromatic carboxylic acids is 1. The topological polar surface area (TPSA) is 88.0 Å². The van der Waals surface area contributed by atoms with E-state index in [-0.39, 0.29) is 5.56 Å². The summed E-state index contributed by atoms with van der Waals surface area (Å²) < 4.78 is 0. The molecule has 2 heterocycles. The first-order valence-corrected chi connectivity index (χ1v) is 6.56. The van der Waals surface area contributed by atoms with Crippen LogP contribution in [0.5, 0.6) is 0 Å². The van der Waals surface area contributed by atoms with E-state index in [1.54, 1.807) is 30.7 Å². The van der Waals surface area contributed by atoms with Gasteiger partial charge in [0.15, 0.2) is 0 Å². The molecule has 22 heavy (non-hydrogen) atoms. The Kier molecular flexibility index (Phi) is 3.74. The van der Waals surface area contributed by atoms with Crippen LogP contribution in [0.15, 0.2) is 61.1 Å². The third kappa shape index (κ3) is 3.06. The number of benzene rings is 1. The summed E-state index contributed by atoms with van der Waals surface area (Å²) in [6.45, 7) is 0. The number of hydrogen-bond donors (Lipinski definition) is 2. The van der Waals surface area contributed by atoms with Gasteiger partial charge < -0.3 is 10.4 Å². The minimum Gasteiger partial charge on any atom is -0.478 e. The zero-order valence-corrected chi connectivity index (χ0v) is 11.5. The van der Waals surface area contributed by atoms with E-state index in [4.69, 9.17) is 5.11 Å². The molecule has 0 radical (unpaired) electrons. The molecule has 0 aliphatic rings. The molecule has 0 aliphatic carbocycles. The lowest BCUT2D eigenvalue weighted by Gasteiger charge is -2.06. The van der Waals surface area contributed by atoms with Crippen LogP contribution in [0.2, 0.25) is 0 Å². The second kappa shape index (κ2) is 6.01. The zero-order valence-electron chi connectivity index (χ0n) is 11.5. The van der Waals surface area contributed by atoms with Crippen LogP contribution in [0, 0.1) is 0 Å². The van der Waals surface area contributed by atoms with Crippen LogP contribution >= 0.6 is 0 Å².